The van der Waals surface area contributed by atoms with Crippen molar-refractivity contribution in [3.05, 3.63) is 53.6 Å². The van der Waals surface area contributed by atoms with Crippen molar-refractivity contribution in [2.75, 3.05) is 19.8 Å². The Morgan fingerprint density at radius 3 is 2.74 bits per heavy atom. The minimum atomic E-state index is -0.0799. The summed E-state index contributed by atoms with van der Waals surface area (Å²) < 4.78 is 17.0. The lowest BCUT2D eigenvalue weighted by molar-refractivity contribution is 0.0931. The van der Waals surface area contributed by atoms with Crippen LogP contribution in [0.3, 0.4) is 0 Å². The first-order valence-corrected chi connectivity index (χ1v) is 9.68. The largest absolute Gasteiger partial charge is 0.494 e. The molecule has 1 saturated carbocycles. The number of amides is 1. The van der Waals surface area contributed by atoms with Crippen LogP contribution >= 0.6 is 0 Å². The van der Waals surface area contributed by atoms with E-state index in [1.807, 2.05) is 36.4 Å². The molecular weight excluding hydrogens is 342 g/mol. The quantitative estimate of drug-likeness (QED) is 0.799. The molecule has 1 amide bonds. The highest BCUT2D eigenvalue weighted by molar-refractivity contribution is 5.94. The van der Waals surface area contributed by atoms with E-state index < -0.39 is 0 Å². The molecule has 27 heavy (non-hydrogen) atoms. The zero-order valence-corrected chi connectivity index (χ0v) is 15.6. The van der Waals surface area contributed by atoms with Gasteiger partial charge in [-0.2, -0.15) is 0 Å². The van der Waals surface area contributed by atoms with Gasteiger partial charge in [-0.05, 0) is 61.1 Å². The van der Waals surface area contributed by atoms with Crippen molar-refractivity contribution in [1.29, 1.82) is 0 Å². The molecule has 0 spiro atoms. The van der Waals surface area contributed by atoms with Gasteiger partial charge in [-0.3, -0.25) is 4.79 Å². The second kappa shape index (κ2) is 7.91. The Balaban J connectivity index is 1.51. The Morgan fingerprint density at radius 2 is 1.96 bits per heavy atom. The smallest absolute Gasteiger partial charge is 0.251 e. The predicted molar refractivity (Wildman–Crippen MR) is 103 cm³/mol. The van der Waals surface area contributed by atoms with E-state index in [9.17, 15) is 4.79 Å². The van der Waals surface area contributed by atoms with Crippen molar-refractivity contribution >= 4 is 5.91 Å². The predicted octanol–water partition coefficient (Wildman–Crippen LogP) is 4.13. The van der Waals surface area contributed by atoms with Gasteiger partial charge >= 0.3 is 0 Å². The van der Waals surface area contributed by atoms with Gasteiger partial charge in [0.05, 0.1) is 12.6 Å². The van der Waals surface area contributed by atoms with Crippen LogP contribution in [0.15, 0.2) is 42.5 Å². The lowest BCUT2D eigenvalue weighted by Gasteiger charge is -2.23. The van der Waals surface area contributed by atoms with Crippen LogP contribution in [0.1, 0.15) is 48.1 Å². The van der Waals surface area contributed by atoms with E-state index in [1.54, 1.807) is 6.07 Å². The van der Waals surface area contributed by atoms with E-state index in [-0.39, 0.29) is 11.9 Å². The summed E-state index contributed by atoms with van der Waals surface area (Å²) in [5.41, 5.74) is 1.68. The standard InChI is InChI=1S/C22H25NO4/c1-2-10-25-18-5-3-4-17(13-18)22(24)23-21(15-6-7-15)16-8-9-19-20(14-16)27-12-11-26-19/h3-5,8-9,13-15,21H,2,6-7,10-12H2,1H3,(H,23,24). The Bertz CT molecular complexity index is 816. The van der Waals surface area contributed by atoms with Gasteiger partial charge in [0.2, 0.25) is 0 Å². The van der Waals surface area contributed by atoms with Gasteiger partial charge < -0.3 is 19.5 Å². The third-order valence-corrected chi connectivity index (χ3v) is 4.87. The van der Waals surface area contributed by atoms with Crippen molar-refractivity contribution in [3.8, 4) is 17.2 Å². The molecule has 1 aliphatic carbocycles. The number of rotatable bonds is 7. The highest BCUT2D eigenvalue weighted by Crippen LogP contribution is 2.43. The molecule has 1 aliphatic heterocycles. The van der Waals surface area contributed by atoms with Crippen molar-refractivity contribution in [2.24, 2.45) is 5.92 Å². The number of ether oxygens (including phenoxy) is 3. The number of benzene rings is 2. The fourth-order valence-corrected chi connectivity index (χ4v) is 3.33. The summed E-state index contributed by atoms with van der Waals surface area (Å²) in [6.07, 6.45) is 3.18. The molecule has 1 unspecified atom stereocenters. The highest BCUT2D eigenvalue weighted by atomic mass is 16.6. The van der Waals surface area contributed by atoms with Crippen LogP contribution in [0.4, 0.5) is 0 Å². The van der Waals surface area contributed by atoms with Crippen LogP contribution < -0.4 is 19.5 Å². The third-order valence-electron chi connectivity index (χ3n) is 4.87. The lowest BCUT2D eigenvalue weighted by atomic mass is 10.0. The van der Waals surface area contributed by atoms with Crippen molar-refractivity contribution < 1.29 is 19.0 Å². The van der Waals surface area contributed by atoms with E-state index >= 15 is 0 Å². The van der Waals surface area contributed by atoms with Gasteiger partial charge in [0.15, 0.2) is 11.5 Å². The Labute approximate surface area is 159 Å². The summed E-state index contributed by atoms with van der Waals surface area (Å²) in [6, 6.07) is 13.3. The molecule has 1 heterocycles. The molecule has 2 aliphatic rings. The Morgan fingerprint density at radius 1 is 1.15 bits per heavy atom. The van der Waals surface area contributed by atoms with Crippen LogP contribution in [0, 0.1) is 5.92 Å². The average molecular weight is 367 g/mol. The molecule has 2 aromatic rings. The van der Waals surface area contributed by atoms with Gasteiger partial charge in [0.1, 0.15) is 19.0 Å². The van der Waals surface area contributed by atoms with Gasteiger partial charge in [0.25, 0.3) is 5.91 Å². The van der Waals surface area contributed by atoms with Crippen LogP contribution in [0.5, 0.6) is 17.2 Å². The van der Waals surface area contributed by atoms with Gasteiger partial charge in [0, 0.05) is 5.56 Å². The summed E-state index contributed by atoms with van der Waals surface area (Å²) in [4.78, 5) is 12.9. The first-order chi connectivity index (χ1) is 13.2. The van der Waals surface area contributed by atoms with Gasteiger partial charge in [-0.1, -0.05) is 19.1 Å². The van der Waals surface area contributed by atoms with E-state index in [0.717, 1.165) is 42.1 Å². The monoisotopic (exact) mass is 367 g/mol. The fraction of sp³-hybridized carbons (Fsp3) is 0.409. The Hall–Kier alpha value is -2.69. The molecule has 1 atom stereocenters. The van der Waals surface area contributed by atoms with Crippen molar-refractivity contribution in [2.45, 2.75) is 32.2 Å². The second-order valence-corrected chi connectivity index (χ2v) is 7.07. The minimum absolute atomic E-state index is 0.0199. The van der Waals surface area contributed by atoms with Gasteiger partial charge in [-0.25, -0.2) is 0 Å². The zero-order chi connectivity index (χ0) is 18.6. The maximum Gasteiger partial charge on any atom is 0.251 e. The number of hydrogen-bond donors (Lipinski definition) is 1. The first-order valence-electron chi connectivity index (χ1n) is 9.68. The van der Waals surface area contributed by atoms with Crippen LogP contribution in [0.2, 0.25) is 0 Å². The van der Waals surface area contributed by atoms with E-state index in [1.165, 1.54) is 0 Å². The van der Waals surface area contributed by atoms with Crippen LogP contribution in [-0.2, 0) is 0 Å². The molecule has 0 radical (unpaired) electrons. The molecule has 0 aromatic heterocycles. The SMILES string of the molecule is CCCOc1cccc(C(=O)NC(c2ccc3c(c2)OCCO3)C2CC2)c1. The second-order valence-electron chi connectivity index (χ2n) is 7.07. The molecule has 1 N–H and O–H groups in total. The molecule has 5 heteroatoms. The molecule has 2 aromatic carbocycles. The van der Waals surface area contributed by atoms with E-state index in [2.05, 4.69) is 12.2 Å². The maximum absolute atomic E-state index is 12.9. The average Bonchev–Trinajstić information content (AvgIpc) is 3.55. The van der Waals surface area contributed by atoms with Crippen molar-refractivity contribution in [3.63, 3.8) is 0 Å². The number of carbonyl (C=O) groups excluding carboxylic acids is 1. The highest BCUT2D eigenvalue weighted by Gasteiger charge is 2.34. The van der Waals surface area contributed by atoms with E-state index in [0.29, 0.717) is 31.3 Å². The number of hydrogen-bond acceptors (Lipinski definition) is 4. The number of carbonyl (C=O) groups is 1. The topological polar surface area (TPSA) is 56.8 Å². The third kappa shape index (κ3) is 4.18. The normalized spacial score (nSPS) is 16.5. The van der Waals surface area contributed by atoms with Crippen molar-refractivity contribution in [1.82, 2.24) is 5.32 Å². The minimum Gasteiger partial charge on any atom is -0.494 e. The summed E-state index contributed by atoms with van der Waals surface area (Å²) in [6.45, 7) is 3.84. The molecule has 0 saturated heterocycles. The first kappa shape index (κ1) is 17.7. The molecule has 5 nitrogen and oxygen atoms in total. The molecular formula is C22H25NO4. The summed E-state index contributed by atoms with van der Waals surface area (Å²) in [7, 11) is 0. The lowest BCUT2D eigenvalue weighted by Crippen LogP contribution is -2.30. The molecule has 0 bridgehead atoms. The summed E-state index contributed by atoms with van der Waals surface area (Å²) in [5.74, 6) is 2.65. The van der Waals surface area contributed by atoms with Crippen LogP contribution in [-0.4, -0.2) is 25.7 Å². The zero-order valence-electron chi connectivity index (χ0n) is 15.6. The maximum atomic E-state index is 12.9. The molecule has 4 rings (SSSR count). The Kier molecular flexibility index (Phi) is 5.19. The van der Waals surface area contributed by atoms with Gasteiger partial charge in [-0.15, -0.1) is 0 Å². The number of nitrogens with one attached hydrogen (secondary N) is 1. The summed E-state index contributed by atoms with van der Waals surface area (Å²) in [5, 5.41) is 3.21. The molecule has 142 valence electrons. The van der Waals surface area contributed by atoms with E-state index in [4.69, 9.17) is 14.2 Å². The summed E-state index contributed by atoms with van der Waals surface area (Å²) >= 11 is 0. The fourth-order valence-electron chi connectivity index (χ4n) is 3.33. The number of fused-ring (bicyclic) bond motifs is 1. The molecule has 1 fully saturated rings. The van der Waals surface area contributed by atoms with Crippen LogP contribution in [0.25, 0.3) is 0 Å².